The van der Waals surface area contributed by atoms with Crippen LogP contribution in [-0.4, -0.2) is 39.1 Å². The van der Waals surface area contributed by atoms with Crippen LogP contribution in [0.25, 0.3) is 0 Å². The molecule has 22 heavy (non-hydrogen) atoms. The molecule has 0 unspecified atom stereocenters. The Morgan fingerprint density at radius 1 is 1.45 bits per heavy atom. The number of ether oxygens (including phenoxy) is 1. The van der Waals surface area contributed by atoms with Crippen LogP contribution in [-0.2, 0) is 4.79 Å². The fourth-order valence-corrected chi connectivity index (χ4v) is 1.46. The van der Waals surface area contributed by atoms with Gasteiger partial charge in [0.25, 0.3) is 5.56 Å². The lowest BCUT2D eigenvalue weighted by atomic mass is 10.2. The normalized spacial score (nSPS) is 10.6. The highest BCUT2D eigenvalue weighted by molar-refractivity contribution is 5.84. The summed E-state index contributed by atoms with van der Waals surface area (Å²) in [5.74, 6) is -0.605. The number of aromatic nitrogens is 3. The Morgan fingerprint density at radius 2 is 2.23 bits per heavy atom. The lowest BCUT2D eigenvalue weighted by Crippen LogP contribution is -2.15. The molecule has 114 valence electrons. The Bertz CT molecular complexity index is 756. The molecule has 1 aromatic carbocycles. The highest BCUT2D eigenvalue weighted by Gasteiger charge is 2.03. The summed E-state index contributed by atoms with van der Waals surface area (Å²) < 4.78 is 5.13. The number of carboxylic acids is 1. The fourth-order valence-electron chi connectivity index (χ4n) is 1.46. The van der Waals surface area contributed by atoms with Crippen molar-refractivity contribution in [3.05, 3.63) is 45.9 Å². The molecule has 0 atom stereocenters. The van der Waals surface area contributed by atoms with E-state index >= 15 is 0 Å². The Kier molecular flexibility index (Phi) is 4.81. The van der Waals surface area contributed by atoms with Gasteiger partial charge in [0.05, 0.1) is 6.21 Å². The standard InChI is InChI=1S/C13H13N5O4/c1-8-12(21)15-13(18-16-8)17-14-6-9-4-2-3-5-10(9)22-7-11(19)20/h2-6H,7H2,1H3,(H,19,20)(H2,15,17,18,21)/b14-6+. The van der Waals surface area contributed by atoms with E-state index in [2.05, 4.69) is 25.7 Å². The number of carbonyl (C=O) groups is 1. The van der Waals surface area contributed by atoms with Crippen molar-refractivity contribution in [3.8, 4) is 5.75 Å². The van der Waals surface area contributed by atoms with Gasteiger partial charge in [-0.1, -0.05) is 12.1 Å². The summed E-state index contributed by atoms with van der Waals surface area (Å²) in [6.07, 6.45) is 1.41. The second-order valence-electron chi connectivity index (χ2n) is 4.18. The number of aliphatic carboxylic acids is 1. The van der Waals surface area contributed by atoms with Gasteiger partial charge in [0.15, 0.2) is 6.61 Å². The number of nitrogens with one attached hydrogen (secondary N) is 2. The molecule has 2 aromatic rings. The molecule has 0 aliphatic carbocycles. The number of rotatable bonds is 6. The summed E-state index contributed by atoms with van der Waals surface area (Å²) in [6.45, 7) is 1.09. The first kappa shape index (κ1) is 15.2. The van der Waals surface area contributed by atoms with E-state index < -0.39 is 12.6 Å². The van der Waals surface area contributed by atoms with Crippen LogP contribution in [0.2, 0.25) is 0 Å². The molecular formula is C13H13N5O4. The van der Waals surface area contributed by atoms with Gasteiger partial charge in [-0.25, -0.2) is 10.2 Å². The van der Waals surface area contributed by atoms with Crippen LogP contribution in [0, 0.1) is 6.92 Å². The quantitative estimate of drug-likeness (QED) is 0.519. The largest absolute Gasteiger partial charge is 0.481 e. The van der Waals surface area contributed by atoms with Crippen molar-refractivity contribution in [2.45, 2.75) is 6.92 Å². The molecule has 1 heterocycles. The number of H-pyrrole nitrogens is 1. The average Bonchev–Trinajstić information content (AvgIpc) is 2.50. The third kappa shape index (κ3) is 4.13. The van der Waals surface area contributed by atoms with Crippen molar-refractivity contribution in [2.75, 3.05) is 12.0 Å². The fraction of sp³-hybridized carbons (Fsp3) is 0.154. The van der Waals surface area contributed by atoms with Crippen LogP contribution < -0.4 is 15.7 Å². The van der Waals surface area contributed by atoms with Gasteiger partial charge in [0.1, 0.15) is 11.4 Å². The first-order chi connectivity index (χ1) is 10.6. The maximum absolute atomic E-state index is 11.4. The molecule has 0 aliphatic rings. The second-order valence-corrected chi connectivity index (χ2v) is 4.18. The number of nitrogens with zero attached hydrogens (tertiary/aromatic N) is 3. The van der Waals surface area contributed by atoms with E-state index in [9.17, 15) is 9.59 Å². The van der Waals surface area contributed by atoms with E-state index in [0.29, 0.717) is 11.3 Å². The number of hydrazone groups is 1. The molecule has 0 aliphatic heterocycles. The van der Waals surface area contributed by atoms with Gasteiger partial charge in [-0.3, -0.25) is 9.78 Å². The maximum Gasteiger partial charge on any atom is 0.341 e. The van der Waals surface area contributed by atoms with E-state index in [0.717, 1.165) is 0 Å². The van der Waals surface area contributed by atoms with Crippen molar-refractivity contribution >= 4 is 18.1 Å². The molecular weight excluding hydrogens is 290 g/mol. The molecule has 0 fully saturated rings. The molecule has 0 amide bonds. The molecule has 0 saturated carbocycles. The van der Waals surface area contributed by atoms with Crippen molar-refractivity contribution in [1.29, 1.82) is 0 Å². The summed E-state index contributed by atoms with van der Waals surface area (Å²) in [4.78, 5) is 24.3. The van der Waals surface area contributed by atoms with Gasteiger partial charge >= 0.3 is 5.97 Å². The minimum Gasteiger partial charge on any atom is -0.481 e. The number of aryl methyl sites for hydroxylation is 1. The topological polar surface area (TPSA) is 130 Å². The van der Waals surface area contributed by atoms with Gasteiger partial charge in [-0.15, -0.1) is 10.2 Å². The molecule has 1 aromatic heterocycles. The van der Waals surface area contributed by atoms with Crippen LogP contribution in [0.5, 0.6) is 5.75 Å². The average molecular weight is 303 g/mol. The lowest BCUT2D eigenvalue weighted by molar-refractivity contribution is -0.139. The van der Waals surface area contributed by atoms with E-state index in [4.69, 9.17) is 9.84 Å². The molecule has 2 rings (SSSR count). The Morgan fingerprint density at radius 3 is 2.95 bits per heavy atom. The summed E-state index contributed by atoms with van der Waals surface area (Å²) in [5.41, 5.74) is 2.98. The van der Waals surface area contributed by atoms with Crippen LogP contribution >= 0.6 is 0 Å². The molecule has 9 nitrogen and oxygen atoms in total. The van der Waals surface area contributed by atoms with Gasteiger partial charge in [-0.2, -0.15) is 5.10 Å². The SMILES string of the molecule is Cc1nnc(N/N=C/c2ccccc2OCC(=O)O)[nH]c1=O. The predicted octanol–water partition coefficient (Wildman–Crippen LogP) is 0.383. The van der Waals surface area contributed by atoms with Crippen LogP contribution in [0.3, 0.4) is 0 Å². The van der Waals surface area contributed by atoms with Crippen LogP contribution in [0.1, 0.15) is 11.3 Å². The van der Waals surface area contributed by atoms with Gasteiger partial charge < -0.3 is 9.84 Å². The smallest absolute Gasteiger partial charge is 0.341 e. The number of aromatic amines is 1. The molecule has 0 bridgehead atoms. The summed E-state index contributed by atoms with van der Waals surface area (Å²) >= 11 is 0. The Labute approximate surface area is 124 Å². The number of anilines is 1. The maximum atomic E-state index is 11.4. The molecule has 0 spiro atoms. The zero-order chi connectivity index (χ0) is 15.9. The Hall–Kier alpha value is -3.23. The van der Waals surface area contributed by atoms with Crippen molar-refractivity contribution < 1.29 is 14.6 Å². The highest BCUT2D eigenvalue weighted by atomic mass is 16.5. The highest BCUT2D eigenvalue weighted by Crippen LogP contribution is 2.15. The zero-order valence-electron chi connectivity index (χ0n) is 11.6. The predicted molar refractivity (Wildman–Crippen MR) is 78.2 cm³/mol. The minimum atomic E-state index is -1.07. The van der Waals surface area contributed by atoms with Gasteiger partial charge in [-0.05, 0) is 19.1 Å². The van der Waals surface area contributed by atoms with Gasteiger partial charge in [0.2, 0.25) is 5.95 Å². The van der Waals surface area contributed by atoms with E-state index in [1.54, 1.807) is 24.3 Å². The van der Waals surface area contributed by atoms with E-state index in [1.807, 2.05) is 0 Å². The molecule has 0 saturated heterocycles. The molecule has 0 radical (unpaired) electrons. The van der Waals surface area contributed by atoms with Crippen LogP contribution in [0.15, 0.2) is 34.2 Å². The lowest BCUT2D eigenvalue weighted by Gasteiger charge is -2.06. The van der Waals surface area contributed by atoms with E-state index in [1.165, 1.54) is 13.1 Å². The third-order valence-corrected chi connectivity index (χ3v) is 2.50. The monoisotopic (exact) mass is 303 g/mol. The van der Waals surface area contributed by atoms with E-state index in [-0.39, 0.29) is 17.2 Å². The third-order valence-electron chi connectivity index (χ3n) is 2.50. The van der Waals surface area contributed by atoms with Crippen LogP contribution in [0.4, 0.5) is 5.95 Å². The molecule has 9 heteroatoms. The number of hydrogen-bond donors (Lipinski definition) is 3. The summed E-state index contributed by atoms with van der Waals surface area (Å²) in [5, 5.41) is 19.9. The first-order valence-electron chi connectivity index (χ1n) is 6.22. The number of hydrogen-bond acceptors (Lipinski definition) is 7. The summed E-state index contributed by atoms with van der Waals surface area (Å²) in [7, 11) is 0. The number of benzene rings is 1. The minimum absolute atomic E-state index is 0.0933. The number of carboxylic acid groups (broad SMARTS) is 1. The first-order valence-corrected chi connectivity index (χ1v) is 6.22. The number of para-hydroxylation sites is 1. The zero-order valence-corrected chi connectivity index (χ0v) is 11.6. The van der Waals surface area contributed by atoms with Gasteiger partial charge in [0, 0.05) is 5.56 Å². The van der Waals surface area contributed by atoms with Crippen molar-refractivity contribution in [3.63, 3.8) is 0 Å². The summed E-state index contributed by atoms with van der Waals surface area (Å²) in [6, 6.07) is 6.79. The molecule has 3 N–H and O–H groups in total. The van der Waals surface area contributed by atoms with Crippen molar-refractivity contribution in [1.82, 2.24) is 15.2 Å². The Balaban J connectivity index is 2.07. The second kappa shape index (κ2) is 6.97. The van der Waals surface area contributed by atoms with Crippen molar-refractivity contribution in [2.24, 2.45) is 5.10 Å².